The lowest BCUT2D eigenvalue weighted by Gasteiger charge is -2.12. The van der Waals surface area contributed by atoms with Crippen LogP contribution >= 0.6 is 57.6 Å². The van der Waals surface area contributed by atoms with Crippen LogP contribution in [0.4, 0.5) is 5.69 Å². The van der Waals surface area contributed by atoms with Crippen LogP contribution in [0.1, 0.15) is 18.1 Å². The number of carbonyl (C=O) groups excluding carboxylic acids is 1. The van der Waals surface area contributed by atoms with Crippen molar-refractivity contribution in [2.24, 2.45) is 0 Å². The average Bonchev–Trinajstić information content (AvgIpc) is 3.05. The summed E-state index contributed by atoms with van der Waals surface area (Å²) in [5.41, 5.74) is 3.71. The standard InChI is InChI=1S/C20H19Cl2IN4OS/c1-4-27-19(15-6-5-13(21)9-16(15)22)25-26-20(27)29-10-17(28)24-18-11(2)7-14(23)8-12(18)3/h5-9H,4,10H2,1-3H3,(H,24,28). The first-order valence-electron chi connectivity index (χ1n) is 8.88. The molecule has 0 aliphatic carbocycles. The number of rotatable bonds is 6. The molecule has 3 aromatic rings. The van der Waals surface area contributed by atoms with E-state index in [0.717, 1.165) is 25.9 Å². The number of thioether (sulfide) groups is 1. The van der Waals surface area contributed by atoms with Crippen molar-refractivity contribution in [2.45, 2.75) is 32.5 Å². The fourth-order valence-corrected chi connectivity index (χ4v) is 5.19. The van der Waals surface area contributed by atoms with Gasteiger partial charge in [0.1, 0.15) is 0 Å². The van der Waals surface area contributed by atoms with Crippen molar-refractivity contribution in [2.75, 3.05) is 11.1 Å². The second-order valence-corrected chi connectivity index (χ2v) is 9.46. The van der Waals surface area contributed by atoms with E-state index in [9.17, 15) is 4.79 Å². The highest BCUT2D eigenvalue weighted by atomic mass is 127. The molecule has 152 valence electrons. The number of anilines is 1. The number of nitrogens with zero attached hydrogens (tertiary/aromatic N) is 3. The molecule has 0 aliphatic heterocycles. The van der Waals surface area contributed by atoms with Crippen LogP contribution in [-0.4, -0.2) is 26.4 Å². The van der Waals surface area contributed by atoms with E-state index >= 15 is 0 Å². The Hall–Kier alpha value is -1.29. The minimum Gasteiger partial charge on any atom is -0.325 e. The molecule has 0 saturated heterocycles. The number of aryl methyl sites for hydroxylation is 2. The first-order chi connectivity index (χ1) is 13.8. The number of nitrogens with one attached hydrogen (secondary N) is 1. The summed E-state index contributed by atoms with van der Waals surface area (Å²) >= 11 is 15.9. The lowest BCUT2D eigenvalue weighted by molar-refractivity contribution is -0.113. The van der Waals surface area contributed by atoms with Crippen LogP contribution in [0.5, 0.6) is 0 Å². The van der Waals surface area contributed by atoms with Gasteiger partial charge in [0.15, 0.2) is 11.0 Å². The first kappa shape index (κ1) is 22.4. The third kappa shape index (κ3) is 5.25. The van der Waals surface area contributed by atoms with Gasteiger partial charge in [-0.2, -0.15) is 0 Å². The summed E-state index contributed by atoms with van der Waals surface area (Å²) in [7, 11) is 0. The molecule has 1 aromatic heterocycles. The Morgan fingerprint density at radius 1 is 1.17 bits per heavy atom. The van der Waals surface area contributed by atoms with E-state index in [4.69, 9.17) is 23.2 Å². The molecule has 0 fully saturated rings. The topological polar surface area (TPSA) is 59.8 Å². The Bertz CT molecular complexity index is 1050. The minimum atomic E-state index is -0.0841. The first-order valence-corrected chi connectivity index (χ1v) is 11.7. The zero-order chi connectivity index (χ0) is 21.1. The van der Waals surface area contributed by atoms with Gasteiger partial charge < -0.3 is 9.88 Å². The number of amides is 1. The molecule has 9 heteroatoms. The molecule has 0 bridgehead atoms. The van der Waals surface area contributed by atoms with Crippen LogP contribution in [0.3, 0.4) is 0 Å². The van der Waals surface area contributed by atoms with Gasteiger partial charge in [0, 0.05) is 26.4 Å². The largest absolute Gasteiger partial charge is 0.325 e. The fraction of sp³-hybridized carbons (Fsp3) is 0.250. The van der Waals surface area contributed by atoms with Crippen molar-refractivity contribution in [1.29, 1.82) is 0 Å². The van der Waals surface area contributed by atoms with E-state index < -0.39 is 0 Å². The van der Waals surface area contributed by atoms with Gasteiger partial charge in [-0.15, -0.1) is 10.2 Å². The van der Waals surface area contributed by atoms with Crippen molar-refractivity contribution >= 4 is 69.1 Å². The van der Waals surface area contributed by atoms with Crippen LogP contribution in [0.25, 0.3) is 11.4 Å². The molecule has 3 rings (SSSR count). The normalized spacial score (nSPS) is 11.0. The number of hydrogen-bond donors (Lipinski definition) is 1. The second-order valence-electron chi connectivity index (χ2n) is 6.43. The predicted octanol–water partition coefficient (Wildman–Crippen LogP) is 6.22. The predicted molar refractivity (Wildman–Crippen MR) is 129 cm³/mol. The van der Waals surface area contributed by atoms with E-state index in [0.29, 0.717) is 27.6 Å². The van der Waals surface area contributed by atoms with Crippen molar-refractivity contribution in [3.63, 3.8) is 0 Å². The number of benzene rings is 2. The van der Waals surface area contributed by atoms with E-state index in [-0.39, 0.29) is 11.7 Å². The summed E-state index contributed by atoms with van der Waals surface area (Å²) in [6.45, 7) is 6.64. The highest BCUT2D eigenvalue weighted by Crippen LogP contribution is 2.31. The highest BCUT2D eigenvalue weighted by molar-refractivity contribution is 14.1. The van der Waals surface area contributed by atoms with Gasteiger partial charge in [0.2, 0.25) is 5.91 Å². The number of carbonyl (C=O) groups is 1. The van der Waals surface area contributed by atoms with Crippen molar-refractivity contribution in [3.8, 4) is 11.4 Å². The molecule has 29 heavy (non-hydrogen) atoms. The third-order valence-electron chi connectivity index (χ3n) is 4.30. The molecule has 0 aliphatic rings. The van der Waals surface area contributed by atoms with E-state index in [1.807, 2.05) is 43.5 Å². The number of halogens is 3. The van der Waals surface area contributed by atoms with Crippen molar-refractivity contribution < 1.29 is 4.79 Å². The minimum absolute atomic E-state index is 0.0841. The van der Waals surface area contributed by atoms with E-state index in [1.54, 1.807) is 12.1 Å². The maximum Gasteiger partial charge on any atom is 0.234 e. The van der Waals surface area contributed by atoms with E-state index in [2.05, 4.69) is 38.1 Å². The third-order valence-corrected chi connectivity index (χ3v) is 6.44. The summed E-state index contributed by atoms with van der Waals surface area (Å²) in [4.78, 5) is 12.5. The van der Waals surface area contributed by atoms with Gasteiger partial charge in [0.05, 0.1) is 10.8 Å². The van der Waals surface area contributed by atoms with Crippen LogP contribution < -0.4 is 5.32 Å². The summed E-state index contributed by atoms with van der Waals surface area (Å²) in [5, 5.41) is 13.3. The highest BCUT2D eigenvalue weighted by Gasteiger charge is 2.17. The summed E-state index contributed by atoms with van der Waals surface area (Å²) in [5.74, 6) is 0.803. The zero-order valence-corrected chi connectivity index (χ0v) is 20.6. The molecular formula is C20H19Cl2IN4OS. The Morgan fingerprint density at radius 2 is 1.86 bits per heavy atom. The van der Waals surface area contributed by atoms with Gasteiger partial charge in [-0.1, -0.05) is 35.0 Å². The quantitative estimate of drug-likeness (QED) is 0.287. The molecule has 1 heterocycles. The van der Waals surface area contributed by atoms with Gasteiger partial charge >= 0.3 is 0 Å². The summed E-state index contributed by atoms with van der Waals surface area (Å²) in [6, 6.07) is 9.37. The maximum atomic E-state index is 12.5. The van der Waals surface area contributed by atoms with Crippen LogP contribution in [-0.2, 0) is 11.3 Å². The number of hydrogen-bond acceptors (Lipinski definition) is 4. The fourth-order valence-electron chi connectivity index (χ4n) is 2.96. The Balaban J connectivity index is 1.74. The molecule has 0 unspecified atom stereocenters. The molecule has 1 amide bonds. The van der Waals surface area contributed by atoms with Gasteiger partial charge in [-0.05, 0) is 84.8 Å². The molecule has 0 radical (unpaired) electrons. The van der Waals surface area contributed by atoms with Crippen molar-refractivity contribution in [3.05, 3.63) is 55.1 Å². The molecule has 2 aromatic carbocycles. The average molecular weight is 561 g/mol. The smallest absolute Gasteiger partial charge is 0.234 e. The summed E-state index contributed by atoms with van der Waals surface area (Å²) < 4.78 is 3.09. The lowest BCUT2D eigenvalue weighted by atomic mass is 10.1. The molecule has 5 nitrogen and oxygen atoms in total. The van der Waals surface area contributed by atoms with Gasteiger partial charge in [0.25, 0.3) is 0 Å². The molecule has 0 saturated carbocycles. The number of aromatic nitrogens is 3. The Kier molecular flexibility index (Phi) is 7.47. The SMILES string of the molecule is CCn1c(SCC(=O)Nc2c(C)cc(I)cc2C)nnc1-c1ccc(Cl)cc1Cl. The van der Waals surface area contributed by atoms with Gasteiger partial charge in [-0.25, -0.2) is 0 Å². The van der Waals surface area contributed by atoms with Crippen LogP contribution in [0, 0.1) is 17.4 Å². The molecular weight excluding hydrogens is 542 g/mol. The Labute approximate surface area is 197 Å². The lowest BCUT2D eigenvalue weighted by Crippen LogP contribution is -2.16. The van der Waals surface area contributed by atoms with Crippen LogP contribution in [0.15, 0.2) is 35.5 Å². The van der Waals surface area contributed by atoms with Crippen LogP contribution in [0.2, 0.25) is 10.0 Å². The van der Waals surface area contributed by atoms with E-state index in [1.165, 1.54) is 11.8 Å². The maximum absolute atomic E-state index is 12.5. The Morgan fingerprint density at radius 3 is 2.48 bits per heavy atom. The summed E-state index contributed by atoms with van der Waals surface area (Å²) in [6.07, 6.45) is 0. The molecule has 1 N–H and O–H groups in total. The van der Waals surface area contributed by atoms with Gasteiger partial charge in [-0.3, -0.25) is 4.79 Å². The second kappa shape index (κ2) is 9.68. The monoisotopic (exact) mass is 560 g/mol. The van der Waals surface area contributed by atoms with Crippen molar-refractivity contribution in [1.82, 2.24) is 14.8 Å². The molecule has 0 spiro atoms. The zero-order valence-electron chi connectivity index (χ0n) is 16.1. The molecule has 0 atom stereocenters.